The first-order valence-corrected chi connectivity index (χ1v) is 10.6. The molecular weight excluding hydrogens is 398 g/mol. The van der Waals surface area contributed by atoms with Gasteiger partial charge in [-0.1, -0.05) is 96.2 Å². The van der Waals surface area contributed by atoms with Gasteiger partial charge < -0.3 is 0 Å². The van der Waals surface area contributed by atoms with Crippen LogP contribution >= 0.6 is 23.4 Å². The Hall–Kier alpha value is -2.75. The van der Waals surface area contributed by atoms with Crippen LogP contribution in [0, 0.1) is 0 Å². The average molecular weight is 418 g/mol. The predicted octanol–water partition coefficient (Wildman–Crippen LogP) is 6.92. The molecule has 1 aliphatic heterocycles. The number of para-hydroxylation sites is 1. The van der Waals surface area contributed by atoms with Gasteiger partial charge in [-0.3, -0.25) is 9.69 Å². The third-order valence-corrected chi connectivity index (χ3v) is 6.48. The fourth-order valence-corrected chi connectivity index (χ4v) is 5.11. The molecule has 1 amide bonds. The van der Waals surface area contributed by atoms with E-state index in [2.05, 4.69) is 30.4 Å². The third-order valence-electron chi connectivity index (χ3n) is 4.80. The van der Waals surface area contributed by atoms with E-state index in [1.54, 1.807) is 18.7 Å². The van der Waals surface area contributed by atoms with Crippen LogP contribution in [0.25, 0.3) is 6.08 Å². The molecule has 0 fully saturated rings. The molecule has 1 unspecified atom stereocenters. The minimum Gasteiger partial charge on any atom is -0.288 e. The molecule has 4 rings (SSSR count). The summed E-state index contributed by atoms with van der Waals surface area (Å²) in [4.78, 5) is 15.0. The molecule has 1 heterocycles. The Kier molecular flexibility index (Phi) is 5.61. The summed E-state index contributed by atoms with van der Waals surface area (Å²) in [6, 6.07) is 25.9. The molecule has 0 saturated heterocycles. The van der Waals surface area contributed by atoms with Gasteiger partial charge in [0.2, 0.25) is 5.91 Å². The van der Waals surface area contributed by atoms with Gasteiger partial charge in [0.15, 0.2) is 0 Å². The minimum absolute atomic E-state index is 0.00547. The molecule has 1 aliphatic rings. The van der Waals surface area contributed by atoms with Gasteiger partial charge in [-0.2, -0.15) is 0 Å². The first kappa shape index (κ1) is 19.6. The number of carbonyl (C=O) groups is 1. The van der Waals surface area contributed by atoms with E-state index in [-0.39, 0.29) is 5.91 Å². The molecule has 0 saturated carbocycles. The number of rotatable bonds is 4. The zero-order chi connectivity index (χ0) is 20.3. The van der Waals surface area contributed by atoms with Crippen molar-refractivity contribution in [2.24, 2.45) is 0 Å². The number of hydrogen-bond donors (Lipinski definition) is 0. The molecule has 0 spiro atoms. The Morgan fingerprint density at radius 3 is 2.34 bits per heavy atom. The predicted molar refractivity (Wildman–Crippen MR) is 123 cm³/mol. The molecule has 0 N–H and O–H groups in total. The van der Waals surface area contributed by atoms with Gasteiger partial charge in [-0.05, 0) is 41.5 Å². The fourth-order valence-electron chi connectivity index (χ4n) is 3.52. The average Bonchev–Trinajstić information content (AvgIpc) is 3.08. The Balaban J connectivity index is 1.78. The summed E-state index contributed by atoms with van der Waals surface area (Å²) in [6.45, 7) is 1.61. The standard InChI is InChI=1S/C25H20ClNOS/c1-19(28)27-23-12-5-6-13-24(23)29-25(27,21-14-16-22(26)17-15-21)18-8-7-11-20-9-3-2-4-10-20/h2-18H,1H3/b11-7+,18-8+. The van der Waals surface area contributed by atoms with Crippen LogP contribution in [-0.4, -0.2) is 5.91 Å². The lowest BCUT2D eigenvalue weighted by atomic mass is 10.0. The van der Waals surface area contributed by atoms with Crippen LogP contribution in [0.3, 0.4) is 0 Å². The van der Waals surface area contributed by atoms with Crippen LogP contribution in [0.15, 0.2) is 102 Å². The van der Waals surface area contributed by atoms with Crippen molar-refractivity contribution < 1.29 is 4.79 Å². The van der Waals surface area contributed by atoms with Gasteiger partial charge in [-0.15, -0.1) is 0 Å². The quantitative estimate of drug-likeness (QED) is 0.429. The SMILES string of the molecule is CC(=O)N1c2ccccc2SC1(/C=C/C=C/c1ccccc1)c1ccc(Cl)cc1. The number of halogens is 1. The smallest absolute Gasteiger partial charge is 0.225 e. The number of allylic oxidation sites excluding steroid dienone is 2. The number of amides is 1. The molecule has 2 nitrogen and oxygen atoms in total. The van der Waals surface area contributed by atoms with Gasteiger partial charge in [-0.25, -0.2) is 0 Å². The van der Waals surface area contributed by atoms with Gasteiger partial charge >= 0.3 is 0 Å². The molecule has 3 aromatic rings. The molecule has 0 radical (unpaired) electrons. The molecule has 29 heavy (non-hydrogen) atoms. The van der Waals surface area contributed by atoms with Crippen molar-refractivity contribution in [1.82, 2.24) is 0 Å². The molecule has 4 heteroatoms. The molecular formula is C25H20ClNOS. The molecule has 0 aliphatic carbocycles. The number of thioether (sulfide) groups is 1. The molecule has 3 aromatic carbocycles. The molecule has 1 atom stereocenters. The highest BCUT2D eigenvalue weighted by Crippen LogP contribution is 2.56. The largest absolute Gasteiger partial charge is 0.288 e. The summed E-state index contributed by atoms with van der Waals surface area (Å²) in [5, 5.41) is 0.673. The highest BCUT2D eigenvalue weighted by Gasteiger charge is 2.46. The fraction of sp³-hybridized carbons (Fsp3) is 0.0800. The Morgan fingerprint density at radius 1 is 0.931 bits per heavy atom. The van der Waals surface area contributed by atoms with Gasteiger partial charge in [0.1, 0.15) is 4.87 Å². The molecule has 144 valence electrons. The summed E-state index contributed by atoms with van der Waals surface area (Å²) in [5.74, 6) is -0.00547. The number of benzene rings is 3. The zero-order valence-electron chi connectivity index (χ0n) is 16.0. The van der Waals surface area contributed by atoms with Crippen LogP contribution in [0.4, 0.5) is 5.69 Å². The topological polar surface area (TPSA) is 20.3 Å². The highest BCUT2D eigenvalue weighted by molar-refractivity contribution is 8.01. The van der Waals surface area contributed by atoms with Gasteiger partial charge in [0, 0.05) is 16.8 Å². The van der Waals surface area contributed by atoms with Crippen molar-refractivity contribution in [2.45, 2.75) is 16.7 Å². The van der Waals surface area contributed by atoms with Crippen molar-refractivity contribution >= 4 is 41.0 Å². The maximum atomic E-state index is 12.8. The highest BCUT2D eigenvalue weighted by atomic mass is 35.5. The van der Waals surface area contributed by atoms with Crippen molar-refractivity contribution in [3.63, 3.8) is 0 Å². The summed E-state index contributed by atoms with van der Waals surface area (Å²) in [6.07, 6.45) is 8.16. The van der Waals surface area contributed by atoms with Gasteiger partial charge in [0.25, 0.3) is 0 Å². The minimum atomic E-state index is -0.666. The van der Waals surface area contributed by atoms with Gasteiger partial charge in [0.05, 0.1) is 5.69 Å². The maximum absolute atomic E-state index is 12.8. The van der Waals surface area contributed by atoms with E-state index in [1.807, 2.05) is 77.7 Å². The lowest BCUT2D eigenvalue weighted by molar-refractivity contribution is -0.117. The number of fused-ring (bicyclic) bond motifs is 1. The Bertz CT molecular complexity index is 1080. The van der Waals surface area contributed by atoms with E-state index < -0.39 is 4.87 Å². The van der Waals surface area contributed by atoms with Crippen LogP contribution in [0.1, 0.15) is 18.1 Å². The van der Waals surface area contributed by atoms with E-state index in [9.17, 15) is 4.79 Å². The first-order chi connectivity index (χ1) is 14.1. The van der Waals surface area contributed by atoms with Crippen LogP contribution < -0.4 is 4.90 Å². The monoisotopic (exact) mass is 417 g/mol. The normalized spacial score (nSPS) is 18.5. The second kappa shape index (κ2) is 8.32. The van der Waals surface area contributed by atoms with Crippen molar-refractivity contribution in [1.29, 1.82) is 0 Å². The van der Waals surface area contributed by atoms with E-state index in [1.165, 1.54) is 0 Å². The Labute approximate surface area is 180 Å². The Morgan fingerprint density at radius 2 is 1.62 bits per heavy atom. The van der Waals surface area contributed by atoms with E-state index in [0.717, 1.165) is 21.7 Å². The second-order valence-corrected chi connectivity index (χ2v) is 8.46. The number of nitrogens with zero attached hydrogens (tertiary/aromatic N) is 1. The van der Waals surface area contributed by atoms with E-state index >= 15 is 0 Å². The molecule has 0 bridgehead atoms. The lowest BCUT2D eigenvalue weighted by Gasteiger charge is -2.35. The summed E-state index contributed by atoms with van der Waals surface area (Å²) in [5.41, 5.74) is 3.06. The van der Waals surface area contributed by atoms with Crippen LogP contribution in [0.5, 0.6) is 0 Å². The maximum Gasteiger partial charge on any atom is 0.225 e. The van der Waals surface area contributed by atoms with Crippen molar-refractivity contribution in [3.8, 4) is 0 Å². The third kappa shape index (κ3) is 3.89. The first-order valence-electron chi connectivity index (χ1n) is 9.36. The summed E-state index contributed by atoms with van der Waals surface area (Å²) >= 11 is 7.80. The second-order valence-electron chi connectivity index (χ2n) is 6.76. The van der Waals surface area contributed by atoms with E-state index in [4.69, 9.17) is 11.6 Å². The zero-order valence-corrected chi connectivity index (χ0v) is 17.5. The van der Waals surface area contributed by atoms with Crippen LogP contribution in [0.2, 0.25) is 5.02 Å². The summed E-state index contributed by atoms with van der Waals surface area (Å²) in [7, 11) is 0. The lowest BCUT2D eigenvalue weighted by Crippen LogP contribution is -2.42. The number of anilines is 1. The number of hydrogen-bond acceptors (Lipinski definition) is 2. The van der Waals surface area contributed by atoms with Crippen molar-refractivity contribution in [3.05, 3.63) is 113 Å². The van der Waals surface area contributed by atoms with E-state index in [0.29, 0.717) is 5.02 Å². The number of carbonyl (C=O) groups excluding carboxylic acids is 1. The molecule has 0 aromatic heterocycles. The van der Waals surface area contributed by atoms with Crippen molar-refractivity contribution in [2.75, 3.05) is 4.90 Å². The summed E-state index contributed by atoms with van der Waals surface area (Å²) < 4.78 is 0. The van der Waals surface area contributed by atoms with Crippen LogP contribution in [-0.2, 0) is 9.67 Å².